The lowest BCUT2D eigenvalue weighted by molar-refractivity contribution is 0.294. The number of rotatable bonds is 1. The van der Waals surface area contributed by atoms with Crippen molar-refractivity contribution in [3.8, 4) is 0 Å². The van der Waals surface area contributed by atoms with Crippen molar-refractivity contribution >= 4 is 11.6 Å². The highest BCUT2D eigenvalue weighted by Gasteiger charge is 2.29. The van der Waals surface area contributed by atoms with Crippen LogP contribution in [0.5, 0.6) is 0 Å². The Kier molecular flexibility index (Phi) is 2.87. The Morgan fingerprint density at radius 2 is 2.21 bits per heavy atom. The summed E-state index contributed by atoms with van der Waals surface area (Å²) in [4.78, 5) is 0. The first-order valence-corrected chi connectivity index (χ1v) is 5.79. The predicted octanol–water partition coefficient (Wildman–Crippen LogP) is 4.10. The minimum atomic E-state index is 0.373. The second-order valence-electron chi connectivity index (χ2n) is 4.52. The average molecular weight is 213 g/mol. The molecule has 0 saturated heterocycles. The Balaban J connectivity index is 2.11. The quantitative estimate of drug-likeness (QED) is 0.639. The van der Waals surface area contributed by atoms with Crippen LogP contribution < -0.4 is 0 Å². The molecule has 0 radical (unpaired) electrons. The van der Waals surface area contributed by atoms with Gasteiger partial charge in [0.15, 0.2) is 0 Å². The van der Waals surface area contributed by atoms with Crippen molar-refractivity contribution in [3.05, 3.63) is 23.7 Å². The number of alkyl halides is 1. The third kappa shape index (κ3) is 1.98. The molecule has 2 heteroatoms. The lowest BCUT2D eigenvalue weighted by Crippen LogP contribution is -2.21. The van der Waals surface area contributed by atoms with Crippen LogP contribution in [0, 0.1) is 12.8 Å². The first kappa shape index (κ1) is 10.1. The van der Waals surface area contributed by atoms with Crippen LogP contribution in [-0.4, -0.2) is 5.38 Å². The van der Waals surface area contributed by atoms with Crippen molar-refractivity contribution in [2.75, 3.05) is 0 Å². The van der Waals surface area contributed by atoms with Gasteiger partial charge in [-0.3, -0.25) is 0 Å². The van der Waals surface area contributed by atoms with Gasteiger partial charge in [-0.25, -0.2) is 0 Å². The molecule has 0 spiro atoms. The van der Waals surface area contributed by atoms with Gasteiger partial charge in [-0.2, -0.15) is 0 Å². The molecule has 78 valence electrons. The van der Waals surface area contributed by atoms with Gasteiger partial charge in [-0.15, -0.1) is 11.6 Å². The summed E-state index contributed by atoms with van der Waals surface area (Å²) in [6.07, 6.45) is 5.25. The molecule has 1 aliphatic rings. The van der Waals surface area contributed by atoms with Crippen molar-refractivity contribution in [2.45, 2.75) is 44.4 Å². The van der Waals surface area contributed by atoms with E-state index in [1.807, 2.05) is 6.26 Å². The average Bonchev–Trinajstić information content (AvgIpc) is 2.51. The molecule has 1 aromatic rings. The van der Waals surface area contributed by atoms with E-state index < -0.39 is 0 Å². The fourth-order valence-electron chi connectivity index (χ4n) is 2.40. The molecule has 0 aliphatic heterocycles. The van der Waals surface area contributed by atoms with Gasteiger partial charge in [-0.05, 0) is 43.7 Å². The Morgan fingerprint density at radius 3 is 2.79 bits per heavy atom. The van der Waals surface area contributed by atoms with E-state index in [-0.39, 0.29) is 0 Å². The zero-order valence-electron chi connectivity index (χ0n) is 8.79. The van der Waals surface area contributed by atoms with Gasteiger partial charge < -0.3 is 4.42 Å². The molecule has 3 unspecified atom stereocenters. The van der Waals surface area contributed by atoms with Gasteiger partial charge in [0.2, 0.25) is 0 Å². The molecule has 0 bridgehead atoms. The van der Waals surface area contributed by atoms with Crippen LogP contribution in [0.2, 0.25) is 0 Å². The number of aryl methyl sites for hydroxylation is 1. The Bertz CT molecular complexity index is 305. The first-order valence-electron chi connectivity index (χ1n) is 5.36. The van der Waals surface area contributed by atoms with Crippen molar-refractivity contribution in [1.82, 2.24) is 0 Å². The number of furan rings is 1. The highest BCUT2D eigenvalue weighted by atomic mass is 35.5. The van der Waals surface area contributed by atoms with Crippen LogP contribution in [0.15, 0.2) is 16.7 Å². The smallest absolute Gasteiger partial charge is 0.107 e. The number of hydrogen-bond acceptors (Lipinski definition) is 1. The normalized spacial score (nSPS) is 33.2. The standard InChI is InChI=1S/C12H17ClO/c1-8-5-12(14-7-8)11-4-3-10(13)6-9(11)2/h5,7,9-11H,3-4,6H2,1-2H3. The van der Waals surface area contributed by atoms with E-state index in [0.717, 1.165) is 18.6 Å². The van der Waals surface area contributed by atoms with Gasteiger partial charge in [0, 0.05) is 11.3 Å². The molecule has 0 aromatic carbocycles. The van der Waals surface area contributed by atoms with E-state index >= 15 is 0 Å². The van der Waals surface area contributed by atoms with Crippen molar-refractivity contribution < 1.29 is 4.42 Å². The van der Waals surface area contributed by atoms with Gasteiger partial charge in [-0.1, -0.05) is 6.92 Å². The summed E-state index contributed by atoms with van der Waals surface area (Å²) in [5, 5.41) is 0.373. The lowest BCUT2D eigenvalue weighted by Gasteiger charge is -2.29. The van der Waals surface area contributed by atoms with Gasteiger partial charge >= 0.3 is 0 Å². The van der Waals surface area contributed by atoms with Crippen molar-refractivity contribution in [3.63, 3.8) is 0 Å². The highest BCUT2D eigenvalue weighted by Crippen LogP contribution is 2.39. The molecular weight excluding hydrogens is 196 g/mol. The van der Waals surface area contributed by atoms with E-state index in [1.165, 1.54) is 12.0 Å². The zero-order chi connectivity index (χ0) is 10.1. The molecular formula is C12H17ClO. The third-order valence-electron chi connectivity index (χ3n) is 3.22. The molecule has 0 N–H and O–H groups in total. The lowest BCUT2D eigenvalue weighted by atomic mass is 9.79. The van der Waals surface area contributed by atoms with Crippen LogP contribution in [0.25, 0.3) is 0 Å². The molecule has 1 fully saturated rings. The summed E-state index contributed by atoms with van der Waals surface area (Å²) in [5.74, 6) is 2.38. The largest absolute Gasteiger partial charge is 0.469 e. The van der Waals surface area contributed by atoms with E-state index in [2.05, 4.69) is 19.9 Å². The maximum Gasteiger partial charge on any atom is 0.107 e. The van der Waals surface area contributed by atoms with Crippen LogP contribution in [-0.2, 0) is 0 Å². The summed E-state index contributed by atoms with van der Waals surface area (Å²) >= 11 is 6.14. The monoisotopic (exact) mass is 212 g/mol. The Labute approximate surface area is 90.4 Å². The summed E-state index contributed by atoms with van der Waals surface area (Å²) in [6, 6.07) is 2.16. The van der Waals surface area contributed by atoms with E-state index in [9.17, 15) is 0 Å². The summed E-state index contributed by atoms with van der Waals surface area (Å²) in [7, 11) is 0. The minimum absolute atomic E-state index is 0.373. The predicted molar refractivity (Wildman–Crippen MR) is 58.8 cm³/mol. The second-order valence-corrected chi connectivity index (χ2v) is 5.14. The second kappa shape index (κ2) is 3.98. The maximum atomic E-state index is 6.14. The molecule has 1 heterocycles. The highest BCUT2D eigenvalue weighted by molar-refractivity contribution is 6.20. The number of halogens is 1. The molecule has 0 amide bonds. The molecule has 14 heavy (non-hydrogen) atoms. The number of hydrogen-bond donors (Lipinski definition) is 0. The molecule has 1 nitrogen and oxygen atoms in total. The van der Waals surface area contributed by atoms with Gasteiger partial charge in [0.05, 0.1) is 6.26 Å². The zero-order valence-corrected chi connectivity index (χ0v) is 9.55. The van der Waals surface area contributed by atoms with Crippen LogP contribution in [0.4, 0.5) is 0 Å². The fourth-order valence-corrected chi connectivity index (χ4v) is 2.81. The Morgan fingerprint density at radius 1 is 1.43 bits per heavy atom. The van der Waals surface area contributed by atoms with Gasteiger partial charge in [0.25, 0.3) is 0 Å². The van der Waals surface area contributed by atoms with Gasteiger partial charge in [0.1, 0.15) is 5.76 Å². The molecule has 3 atom stereocenters. The Hall–Kier alpha value is -0.430. The molecule has 2 rings (SSSR count). The maximum absolute atomic E-state index is 6.14. The first-order chi connectivity index (χ1) is 6.66. The van der Waals surface area contributed by atoms with E-state index in [0.29, 0.717) is 17.2 Å². The molecule has 1 aromatic heterocycles. The van der Waals surface area contributed by atoms with Crippen molar-refractivity contribution in [2.24, 2.45) is 5.92 Å². The topological polar surface area (TPSA) is 13.1 Å². The molecule has 1 saturated carbocycles. The van der Waals surface area contributed by atoms with E-state index in [1.54, 1.807) is 0 Å². The van der Waals surface area contributed by atoms with E-state index in [4.69, 9.17) is 16.0 Å². The van der Waals surface area contributed by atoms with Crippen molar-refractivity contribution in [1.29, 1.82) is 0 Å². The molecule has 1 aliphatic carbocycles. The van der Waals surface area contributed by atoms with Crippen LogP contribution in [0.3, 0.4) is 0 Å². The SMILES string of the molecule is Cc1coc(C2CCC(Cl)CC2C)c1. The fraction of sp³-hybridized carbons (Fsp3) is 0.667. The van der Waals surface area contributed by atoms with Crippen LogP contribution in [0.1, 0.15) is 43.4 Å². The van der Waals surface area contributed by atoms with Crippen LogP contribution >= 0.6 is 11.6 Å². The summed E-state index contributed by atoms with van der Waals surface area (Å²) in [6.45, 7) is 4.35. The summed E-state index contributed by atoms with van der Waals surface area (Å²) in [5.41, 5.74) is 1.22. The third-order valence-corrected chi connectivity index (χ3v) is 3.62. The minimum Gasteiger partial charge on any atom is -0.469 e. The summed E-state index contributed by atoms with van der Waals surface area (Å²) < 4.78 is 5.57.